The Kier molecular flexibility index (Phi) is 4.40. The van der Waals surface area contributed by atoms with Crippen molar-refractivity contribution in [2.45, 2.75) is 27.4 Å². The first kappa shape index (κ1) is 14.5. The minimum atomic E-state index is 0.390. The molecule has 0 spiro atoms. The van der Waals surface area contributed by atoms with E-state index in [4.69, 9.17) is 22.7 Å². The van der Waals surface area contributed by atoms with Crippen molar-refractivity contribution in [2.24, 2.45) is 5.73 Å². The molecule has 2 aromatic carbocycles. The number of thiocarbonyl (C=S) groups is 1. The Morgan fingerprint density at radius 3 is 2.30 bits per heavy atom. The predicted molar refractivity (Wildman–Crippen MR) is 87.3 cm³/mol. The quantitative estimate of drug-likeness (QED) is 0.867. The van der Waals surface area contributed by atoms with Crippen LogP contribution >= 0.6 is 12.2 Å². The van der Waals surface area contributed by atoms with Crippen molar-refractivity contribution in [3.8, 4) is 5.75 Å². The highest BCUT2D eigenvalue weighted by Gasteiger charge is 2.04. The highest BCUT2D eigenvalue weighted by atomic mass is 32.1. The Balaban J connectivity index is 2.18. The second-order valence-electron chi connectivity index (χ2n) is 5.13. The van der Waals surface area contributed by atoms with Gasteiger partial charge in [0.25, 0.3) is 0 Å². The number of rotatable bonds is 4. The van der Waals surface area contributed by atoms with E-state index < -0.39 is 0 Å². The largest absolute Gasteiger partial charge is 0.489 e. The molecule has 0 radical (unpaired) electrons. The summed E-state index contributed by atoms with van der Waals surface area (Å²) in [6.45, 7) is 6.74. The van der Waals surface area contributed by atoms with Gasteiger partial charge in [-0.25, -0.2) is 0 Å². The van der Waals surface area contributed by atoms with Crippen molar-refractivity contribution in [1.82, 2.24) is 0 Å². The molecule has 2 N–H and O–H groups in total. The molecule has 0 atom stereocenters. The molecule has 0 amide bonds. The fourth-order valence-electron chi connectivity index (χ4n) is 2.22. The lowest BCUT2D eigenvalue weighted by Gasteiger charge is -2.11. The molecule has 0 saturated heterocycles. The van der Waals surface area contributed by atoms with E-state index in [0.717, 1.165) is 16.9 Å². The molecule has 0 aromatic heterocycles. The van der Waals surface area contributed by atoms with Gasteiger partial charge in [0.2, 0.25) is 0 Å². The summed E-state index contributed by atoms with van der Waals surface area (Å²) in [5.74, 6) is 0.828. The van der Waals surface area contributed by atoms with E-state index in [-0.39, 0.29) is 0 Å². The third kappa shape index (κ3) is 3.58. The first-order valence-corrected chi connectivity index (χ1v) is 6.97. The molecular formula is C17H19NOS. The van der Waals surface area contributed by atoms with E-state index in [0.29, 0.717) is 11.6 Å². The van der Waals surface area contributed by atoms with Crippen molar-refractivity contribution >= 4 is 17.2 Å². The van der Waals surface area contributed by atoms with Crippen molar-refractivity contribution in [3.63, 3.8) is 0 Å². The van der Waals surface area contributed by atoms with E-state index in [1.165, 1.54) is 16.7 Å². The van der Waals surface area contributed by atoms with E-state index >= 15 is 0 Å². The molecule has 0 bridgehead atoms. The molecule has 0 aliphatic carbocycles. The molecule has 2 rings (SSSR count). The molecule has 0 saturated carbocycles. The highest BCUT2D eigenvalue weighted by Crippen LogP contribution is 2.21. The molecule has 0 heterocycles. The third-order valence-electron chi connectivity index (χ3n) is 3.15. The average Bonchev–Trinajstić information content (AvgIpc) is 2.36. The van der Waals surface area contributed by atoms with E-state index in [2.05, 4.69) is 32.0 Å². The van der Waals surface area contributed by atoms with Crippen molar-refractivity contribution in [1.29, 1.82) is 0 Å². The maximum atomic E-state index is 5.91. The Bertz CT molecular complexity index is 629. The first-order valence-electron chi connectivity index (χ1n) is 6.56. The van der Waals surface area contributed by atoms with E-state index in [9.17, 15) is 0 Å². The Hall–Kier alpha value is -1.87. The second-order valence-corrected chi connectivity index (χ2v) is 5.57. The summed E-state index contributed by atoms with van der Waals surface area (Å²) in [5.41, 5.74) is 11.2. The van der Waals surface area contributed by atoms with Crippen molar-refractivity contribution in [2.75, 3.05) is 0 Å². The Morgan fingerprint density at radius 2 is 1.70 bits per heavy atom. The maximum Gasteiger partial charge on any atom is 0.123 e. The highest BCUT2D eigenvalue weighted by molar-refractivity contribution is 7.80. The van der Waals surface area contributed by atoms with Gasteiger partial charge in [-0.1, -0.05) is 53.7 Å². The standard InChI is InChI=1S/C17H19NOS/c1-11-6-12(2)8-14(7-11)10-19-16-9-15(17(18)20)5-4-13(16)3/h4-9H,10H2,1-3H3,(H2,18,20). The van der Waals surface area contributed by atoms with Gasteiger partial charge < -0.3 is 10.5 Å². The molecular weight excluding hydrogens is 266 g/mol. The molecule has 2 nitrogen and oxygen atoms in total. The van der Waals surface area contributed by atoms with Gasteiger partial charge in [-0.05, 0) is 38.0 Å². The Morgan fingerprint density at radius 1 is 1.05 bits per heavy atom. The summed E-state index contributed by atoms with van der Waals surface area (Å²) in [4.78, 5) is 0.390. The SMILES string of the molecule is Cc1cc(C)cc(COc2cc(C(N)=S)ccc2C)c1. The van der Waals surface area contributed by atoms with Crippen LogP contribution in [0.15, 0.2) is 36.4 Å². The summed E-state index contributed by atoms with van der Waals surface area (Å²) in [7, 11) is 0. The van der Waals surface area contributed by atoms with Crippen molar-refractivity contribution < 1.29 is 4.74 Å². The minimum Gasteiger partial charge on any atom is -0.489 e. The van der Waals surface area contributed by atoms with Gasteiger partial charge in [-0.15, -0.1) is 0 Å². The van der Waals surface area contributed by atoms with Crippen LogP contribution in [0.2, 0.25) is 0 Å². The van der Waals surface area contributed by atoms with Gasteiger partial charge in [-0.2, -0.15) is 0 Å². The van der Waals surface area contributed by atoms with Gasteiger partial charge in [0.15, 0.2) is 0 Å². The van der Waals surface area contributed by atoms with Crippen LogP contribution in [-0.4, -0.2) is 4.99 Å². The van der Waals surface area contributed by atoms with Crippen LogP contribution < -0.4 is 10.5 Å². The van der Waals surface area contributed by atoms with Gasteiger partial charge in [0.05, 0.1) is 0 Å². The number of ether oxygens (including phenoxy) is 1. The maximum absolute atomic E-state index is 5.91. The molecule has 20 heavy (non-hydrogen) atoms. The lowest BCUT2D eigenvalue weighted by molar-refractivity contribution is 0.304. The average molecular weight is 285 g/mol. The van der Waals surface area contributed by atoms with Crippen LogP contribution in [0.25, 0.3) is 0 Å². The zero-order valence-corrected chi connectivity index (χ0v) is 12.9. The van der Waals surface area contributed by atoms with Crippen LogP contribution in [0.4, 0.5) is 0 Å². The Labute approximate surface area is 125 Å². The van der Waals surface area contributed by atoms with E-state index in [1.54, 1.807) is 0 Å². The van der Waals surface area contributed by atoms with Crippen LogP contribution in [0.1, 0.15) is 27.8 Å². The number of hydrogen-bond donors (Lipinski definition) is 1. The third-order valence-corrected chi connectivity index (χ3v) is 3.38. The lowest BCUT2D eigenvalue weighted by atomic mass is 10.1. The number of hydrogen-bond acceptors (Lipinski definition) is 2. The minimum absolute atomic E-state index is 0.390. The van der Waals surface area contributed by atoms with Crippen LogP contribution in [-0.2, 0) is 6.61 Å². The topological polar surface area (TPSA) is 35.2 Å². The zero-order chi connectivity index (χ0) is 14.7. The molecule has 0 aliphatic heterocycles. The molecule has 0 fully saturated rings. The molecule has 0 unspecified atom stereocenters. The van der Waals surface area contributed by atoms with Gasteiger partial charge in [0.1, 0.15) is 17.3 Å². The zero-order valence-electron chi connectivity index (χ0n) is 12.1. The van der Waals surface area contributed by atoms with Crippen molar-refractivity contribution in [3.05, 3.63) is 64.2 Å². The van der Waals surface area contributed by atoms with Gasteiger partial charge >= 0.3 is 0 Å². The van der Waals surface area contributed by atoms with Crippen LogP contribution in [0.3, 0.4) is 0 Å². The fourth-order valence-corrected chi connectivity index (χ4v) is 2.35. The molecule has 104 valence electrons. The normalized spacial score (nSPS) is 10.3. The lowest BCUT2D eigenvalue weighted by Crippen LogP contribution is -2.09. The molecule has 3 heteroatoms. The van der Waals surface area contributed by atoms with Gasteiger partial charge in [-0.3, -0.25) is 0 Å². The number of aryl methyl sites for hydroxylation is 3. The summed E-state index contributed by atoms with van der Waals surface area (Å²) in [6.07, 6.45) is 0. The molecule has 0 aliphatic rings. The van der Waals surface area contributed by atoms with Crippen LogP contribution in [0.5, 0.6) is 5.75 Å². The molecule has 2 aromatic rings. The number of nitrogens with two attached hydrogens (primary N) is 1. The van der Waals surface area contributed by atoms with Crippen LogP contribution in [0, 0.1) is 20.8 Å². The monoisotopic (exact) mass is 285 g/mol. The summed E-state index contributed by atoms with van der Waals surface area (Å²) in [5, 5.41) is 0. The summed E-state index contributed by atoms with van der Waals surface area (Å²) < 4.78 is 5.91. The predicted octanol–water partition coefficient (Wildman–Crippen LogP) is 3.83. The second kappa shape index (κ2) is 6.06. The summed E-state index contributed by atoms with van der Waals surface area (Å²) in [6, 6.07) is 12.2. The number of benzene rings is 2. The van der Waals surface area contributed by atoms with Gasteiger partial charge in [0, 0.05) is 5.56 Å². The summed E-state index contributed by atoms with van der Waals surface area (Å²) >= 11 is 5.00. The smallest absolute Gasteiger partial charge is 0.123 e. The van der Waals surface area contributed by atoms with E-state index in [1.807, 2.05) is 25.1 Å². The first-order chi connectivity index (χ1) is 9.45. The fraction of sp³-hybridized carbons (Fsp3) is 0.235.